The Labute approximate surface area is 200 Å². The van der Waals surface area contributed by atoms with Crippen molar-refractivity contribution in [3.63, 3.8) is 0 Å². The summed E-state index contributed by atoms with van der Waals surface area (Å²) in [6, 6.07) is 6.13. The normalized spacial score (nSPS) is 12.5. The summed E-state index contributed by atoms with van der Waals surface area (Å²) < 4.78 is 15.0. The number of hydrogen-bond acceptors (Lipinski definition) is 5. The average molecular weight is 610 g/mol. The first-order valence-corrected chi connectivity index (χ1v) is 10.2. The molecule has 0 saturated carbocycles. The van der Waals surface area contributed by atoms with Crippen LogP contribution in [0.15, 0.2) is 36.9 Å². The van der Waals surface area contributed by atoms with Crippen molar-refractivity contribution < 1.29 is 24.5 Å². The van der Waals surface area contributed by atoms with Crippen molar-refractivity contribution in [2.75, 3.05) is 0 Å². The van der Waals surface area contributed by atoms with E-state index in [0.717, 1.165) is 41.9 Å². The van der Waals surface area contributed by atoms with Gasteiger partial charge in [-0.15, -0.1) is 29.3 Å². The third kappa shape index (κ3) is 5.34. The second kappa shape index (κ2) is 9.79. The summed E-state index contributed by atoms with van der Waals surface area (Å²) in [6.45, 7) is 6.14. The number of halogens is 1. The average Bonchev–Trinajstić information content (AvgIpc) is 3.34. The molecule has 5 rings (SSSR count). The predicted molar refractivity (Wildman–Crippen MR) is 115 cm³/mol. The smallest absolute Gasteiger partial charge is 0.0817 e. The number of benzene rings is 1. The molecule has 0 aliphatic heterocycles. The third-order valence-electron chi connectivity index (χ3n) is 4.94. The van der Waals surface area contributed by atoms with Crippen LogP contribution in [-0.2, 0) is 45.4 Å². The maximum Gasteiger partial charge on any atom is 0.0817 e. The van der Waals surface area contributed by atoms with E-state index < -0.39 is 0 Å². The molecule has 9 heteroatoms. The molecule has 169 valence electrons. The van der Waals surface area contributed by atoms with Crippen molar-refractivity contribution in [2.45, 2.75) is 45.4 Å². The van der Waals surface area contributed by atoms with Crippen LogP contribution in [0.25, 0.3) is 22.8 Å². The van der Waals surface area contributed by atoms with Crippen LogP contribution in [0.5, 0.6) is 0 Å². The minimum atomic E-state index is -0.308. The van der Waals surface area contributed by atoms with E-state index in [-0.39, 0.29) is 31.3 Å². The molecule has 1 aliphatic carbocycles. The van der Waals surface area contributed by atoms with E-state index in [9.17, 15) is 4.39 Å². The summed E-state index contributed by atoms with van der Waals surface area (Å²) in [5.41, 5.74) is 4.65. The van der Waals surface area contributed by atoms with E-state index in [4.69, 9.17) is 0 Å². The van der Waals surface area contributed by atoms with Crippen LogP contribution in [-0.4, -0.2) is 29.8 Å². The molecule has 0 fully saturated rings. The monoisotopic (exact) mass is 610 g/mol. The zero-order valence-corrected chi connectivity index (χ0v) is 20.8. The fraction of sp³-hybridized carbons (Fsp3) is 0.348. The first kappa shape index (κ1) is 23.9. The van der Waals surface area contributed by atoms with Gasteiger partial charge in [-0.05, 0) is 17.8 Å². The van der Waals surface area contributed by atoms with Crippen molar-refractivity contribution >= 4 is 0 Å². The molecule has 0 bridgehead atoms. The molecule has 3 aromatic heterocycles. The van der Waals surface area contributed by atoms with Crippen molar-refractivity contribution in [1.29, 1.82) is 0 Å². The van der Waals surface area contributed by atoms with Gasteiger partial charge in [0.15, 0.2) is 0 Å². The molecule has 1 aliphatic rings. The quantitative estimate of drug-likeness (QED) is 0.306. The van der Waals surface area contributed by atoms with Gasteiger partial charge in [0.2, 0.25) is 0 Å². The topological polar surface area (TPSA) is 83.5 Å². The largest absolute Gasteiger partial charge is 0.420 e. The van der Waals surface area contributed by atoms with Gasteiger partial charge in [0.05, 0.1) is 11.9 Å². The van der Waals surface area contributed by atoms with Crippen molar-refractivity contribution in [2.24, 2.45) is 7.05 Å². The minimum absolute atomic E-state index is 0. The van der Waals surface area contributed by atoms with Gasteiger partial charge < -0.3 is 10.1 Å². The fourth-order valence-corrected chi connectivity index (χ4v) is 3.40. The van der Waals surface area contributed by atoms with E-state index in [2.05, 4.69) is 36.3 Å². The van der Waals surface area contributed by atoms with E-state index >= 15 is 0 Å². The molecule has 3 heterocycles. The van der Waals surface area contributed by atoms with Gasteiger partial charge in [0.1, 0.15) is 0 Å². The maximum absolute atomic E-state index is 13.2. The molecule has 32 heavy (non-hydrogen) atoms. The number of rotatable bonds is 1. The van der Waals surface area contributed by atoms with Gasteiger partial charge in [-0.25, -0.2) is 9.49 Å². The van der Waals surface area contributed by atoms with Crippen molar-refractivity contribution in [3.8, 4) is 22.8 Å². The molecule has 0 atom stereocenters. The van der Waals surface area contributed by atoms with Crippen molar-refractivity contribution in [1.82, 2.24) is 34.9 Å². The van der Waals surface area contributed by atoms with E-state index in [1.54, 1.807) is 23.3 Å². The first-order chi connectivity index (χ1) is 14.8. The zero-order chi connectivity index (χ0) is 22.0. The summed E-state index contributed by atoms with van der Waals surface area (Å²) >= 11 is 0. The van der Waals surface area contributed by atoms with Crippen LogP contribution in [0.3, 0.4) is 0 Å². The Morgan fingerprint density at radius 3 is 2.59 bits per heavy atom. The SMILES string of the molecule is CC(C)(C)c1n[n-]c(-c2cnccn2)n1.Cn1cc2c(n1)-c1[c-]c(F)ccc1CCC2.[Ir]. The summed E-state index contributed by atoms with van der Waals surface area (Å²) in [4.78, 5) is 12.4. The Bertz CT molecular complexity index is 1180. The number of fused-ring (bicyclic) bond motifs is 3. The van der Waals surface area contributed by atoms with Crippen LogP contribution in [0.1, 0.15) is 44.1 Å². The van der Waals surface area contributed by atoms with E-state index in [1.165, 1.54) is 11.6 Å². The number of aryl methyl sites for hydroxylation is 3. The number of hydrogen-bond donors (Lipinski definition) is 0. The van der Waals surface area contributed by atoms with Crippen LogP contribution in [0.2, 0.25) is 0 Å². The van der Waals surface area contributed by atoms with Gasteiger partial charge in [-0.1, -0.05) is 33.6 Å². The van der Waals surface area contributed by atoms with Gasteiger partial charge >= 0.3 is 0 Å². The molecule has 4 aromatic rings. The zero-order valence-electron chi connectivity index (χ0n) is 18.4. The van der Waals surface area contributed by atoms with Crippen LogP contribution in [0, 0.1) is 11.9 Å². The minimum Gasteiger partial charge on any atom is -0.420 e. The summed E-state index contributed by atoms with van der Waals surface area (Å²) in [5, 5.41) is 12.4. The van der Waals surface area contributed by atoms with Gasteiger partial charge in [0.25, 0.3) is 0 Å². The molecule has 0 amide bonds. The molecule has 1 radical (unpaired) electrons. The number of aromatic nitrogens is 7. The Kier molecular flexibility index (Phi) is 7.31. The Balaban J connectivity index is 0.000000176. The summed E-state index contributed by atoms with van der Waals surface area (Å²) in [6.07, 6.45) is 9.95. The van der Waals surface area contributed by atoms with Crippen LogP contribution in [0.4, 0.5) is 4.39 Å². The maximum atomic E-state index is 13.2. The van der Waals surface area contributed by atoms with Crippen LogP contribution < -0.4 is 5.10 Å². The van der Waals surface area contributed by atoms with E-state index in [1.807, 2.05) is 40.1 Å². The predicted octanol–water partition coefficient (Wildman–Crippen LogP) is 3.70. The molecule has 1 aromatic carbocycles. The van der Waals surface area contributed by atoms with Crippen LogP contribution >= 0.6 is 0 Å². The Morgan fingerprint density at radius 1 is 1.12 bits per heavy atom. The molecular formula is C23H24FIrN7-2. The van der Waals surface area contributed by atoms with Gasteiger partial charge in [-0.2, -0.15) is 0 Å². The Morgan fingerprint density at radius 2 is 1.91 bits per heavy atom. The molecule has 0 N–H and O–H groups in total. The summed E-state index contributed by atoms with van der Waals surface area (Å²) in [5.74, 6) is 0.952. The number of nitrogens with zero attached hydrogens (tertiary/aromatic N) is 7. The molecular weight excluding hydrogens is 586 g/mol. The fourth-order valence-electron chi connectivity index (χ4n) is 3.40. The molecule has 0 spiro atoms. The molecule has 0 unspecified atom stereocenters. The van der Waals surface area contributed by atoms with Gasteiger partial charge in [0, 0.05) is 68.5 Å². The van der Waals surface area contributed by atoms with Crippen molar-refractivity contribution in [3.05, 3.63) is 65.8 Å². The third-order valence-corrected chi connectivity index (χ3v) is 4.94. The van der Waals surface area contributed by atoms with E-state index in [0.29, 0.717) is 11.5 Å². The molecule has 0 saturated heterocycles. The second-order valence-corrected chi connectivity index (χ2v) is 8.54. The summed E-state index contributed by atoms with van der Waals surface area (Å²) in [7, 11) is 1.90. The molecule has 7 nitrogen and oxygen atoms in total. The Hall–Kier alpha value is -2.77. The second-order valence-electron chi connectivity index (χ2n) is 8.54. The first-order valence-electron chi connectivity index (χ1n) is 10.2. The van der Waals surface area contributed by atoms with Gasteiger partial charge in [-0.3, -0.25) is 19.7 Å². The standard InChI is InChI=1S/C13H12FN2.C10H12N5.Ir/c1-16-8-10-4-2-3-9-5-6-11(14)7-12(9)13(10)15-16;1-10(2,3)9-13-8(14-15-9)7-6-11-4-5-12-7;/h5-6,8H,2-4H2,1H3;4-6H,1-3H3;/q2*-1;.